The summed E-state index contributed by atoms with van der Waals surface area (Å²) in [6, 6.07) is 18.5. The Balaban J connectivity index is 1.32. The summed E-state index contributed by atoms with van der Waals surface area (Å²) in [6.45, 7) is 8.51. The number of piperazine rings is 1. The number of nitrogens with one attached hydrogen (secondary N) is 1. The molecule has 2 bridgehead atoms. The zero-order valence-corrected chi connectivity index (χ0v) is 26.9. The lowest BCUT2D eigenvalue weighted by Crippen LogP contribution is -2.50. The van der Waals surface area contributed by atoms with Crippen molar-refractivity contribution in [3.63, 3.8) is 0 Å². The molecule has 2 aromatic carbocycles. The molecule has 3 atom stereocenters. The van der Waals surface area contributed by atoms with Crippen LogP contribution in [-0.2, 0) is 10.9 Å². The van der Waals surface area contributed by atoms with Crippen LogP contribution in [0.1, 0.15) is 51.3 Å². The predicted molar refractivity (Wildman–Crippen MR) is 175 cm³/mol. The maximum atomic E-state index is 13.9. The van der Waals surface area contributed by atoms with E-state index in [-0.39, 0.29) is 24.2 Å². The number of halogens is 3. The van der Waals surface area contributed by atoms with E-state index in [0.717, 1.165) is 24.1 Å². The van der Waals surface area contributed by atoms with Crippen LogP contribution in [0.2, 0.25) is 0 Å². The lowest BCUT2D eigenvalue weighted by atomic mass is 9.98. The minimum Gasteiger partial charge on any atom is -0.444 e. The van der Waals surface area contributed by atoms with Crippen LogP contribution in [-0.4, -0.2) is 66.3 Å². The molecule has 0 saturated carbocycles. The molecule has 248 valence electrons. The first-order valence-corrected chi connectivity index (χ1v) is 15.8. The van der Waals surface area contributed by atoms with E-state index in [1.165, 1.54) is 12.4 Å². The number of alkyl halides is 3. The minimum absolute atomic E-state index is 0.0470. The van der Waals surface area contributed by atoms with Gasteiger partial charge in [-0.2, -0.15) is 13.2 Å². The van der Waals surface area contributed by atoms with E-state index in [0.29, 0.717) is 52.9 Å². The van der Waals surface area contributed by atoms with Crippen molar-refractivity contribution in [2.24, 2.45) is 0 Å². The molecule has 1 N–H and O–H groups in total. The molecule has 7 rings (SSSR count). The van der Waals surface area contributed by atoms with E-state index < -0.39 is 17.3 Å². The van der Waals surface area contributed by atoms with E-state index in [1.807, 2.05) is 64.1 Å². The van der Waals surface area contributed by atoms with Crippen LogP contribution in [0.3, 0.4) is 0 Å². The highest BCUT2D eigenvalue weighted by Gasteiger charge is 2.48. The van der Waals surface area contributed by atoms with Crippen LogP contribution in [0.25, 0.3) is 28.0 Å². The molecule has 0 spiro atoms. The highest BCUT2D eigenvalue weighted by molar-refractivity contribution is 5.91. The van der Waals surface area contributed by atoms with Crippen LogP contribution in [0, 0.1) is 0 Å². The van der Waals surface area contributed by atoms with Gasteiger partial charge < -0.3 is 19.9 Å². The summed E-state index contributed by atoms with van der Waals surface area (Å²) in [5, 5.41) is 12.0. The molecule has 1 amide bonds. The summed E-state index contributed by atoms with van der Waals surface area (Å²) in [4.78, 5) is 26.5. The largest absolute Gasteiger partial charge is 0.444 e. The number of amides is 1. The molecule has 3 aromatic heterocycles. The Morgan fingerprint density at radius 1 is 0.979 bits per heavy atom. The van der Waals surface area contributed by atoms with Gasteiger partial charge in [0.25, 0.3) is 0 Å². The molecule has 10 nitrogen and oxygen atoms in total. The lowest BCUT2D eigenvalue weighted by Gasteiger charge is -2.36. The van der Waals surface area contributed by atoms with Gasteiger partial charge in [0.1, 0.15) is 17.7 Å². The first-order chi connectivity index (χ1) is 22.9. The molecular weight excluding hydrogens is 621 g/mol. The third-order valence-corrected chi connectivity index (χ3v) is 8.74. The van der Waals surface area contributed by atoms with Crippen molar-refractivity contribution in [2.75, 3.05) is 23.3 Å². The molecule has 0 aliphatic carbocycles. The first-order valence-electron chi connectivity index (χ1n) is 15.8. The smallest absolute Gasteiger partial charge is 0.416 e. The zero-order chi connectivity index (χ0) is 33.8. The number of benzene rings is 2. The molecule has 2 aliphatic rings. The number of hydrogen-bond donors (Lipinski definition) is 1. The van der Waals surface area contributed by atoms with Gasteiger partial charge in [-0.3, -0.25) is 4.40 Å². The second kappa shape index (κ2) is 11.8. The number of anilines is 2. The van der Waals surface area contributed by atoms with Crippen LogP contribution in [0.4, 0.5) is 29.7 Å². The van der Waals surface area contributed by atoms with Gasteiger partial charge in [0, 0.05) is 30.9 Å². The third-order valence-electron chi connectivity index (χ3n) is 8.74. The summed E-state index contributed by atoms with van der Waals surface area (Å²) < 4.78 is 49.1. The van der Waals surface area contributed by atoms with Gasteiger partial charge in [0.2, 0.25) is 5.95 Å². The Hall–Kier alpha value is -5.20. The Morgan fingerprint density at radius 3 is 2.48 bits per heavy atom. The Kier molecular flexibility index (Phi) is 7.72. The van der Waals surface area contributed by atoms with Crippen LogP contribution >= 0.6 is 0 Å². The summed E-state index contributed by atoms with van der Waals surface area (Å²) in [6.07, 6.45) is -0.979. The summed E-state index contributed by atoms with van der Waals surface area (Å²) in [7, 11) is 0. The number of rotatable bonds is 6. The normalized spacial score (nSPS) is 18.4. The molecule has 2 fully saturated rings. The van der Waals surface area contributed by atoms with Crippen molar-refractivity contribution in [3.05, 3.63) is 90.4 Å². The highest BCUT2D eigenvalue weighted by atomic mass is 19.4. The quantitative estimate of drug-likeness (QED) is 0.204. The number of carbonyl (C=O) groups excluding carboxylic acids is 1. The van der Waals surface area contributed by atoms with E-state index >= 15 is 0 Å². The molecule has 2 aliphatic heterocycles. The third kappa shape index (κ3) is 6.00. The van der Waals surface area contributed by atoms with Crippen LogP contribution < -0.4 is 10.2 Å². The van der Waals surface area contributed by atoms with Gasteiger partial charge in [-0.1, -0.05) is 42.5 Å². The number of pyridine rings is 1. The van der Waals surface area contributed by atoms with Crippen molar-refractivity contribution < 1.29 is 22.7 Å². The number of carbonyl (C=O) groups is 1. The second-order valence-corrected chi connectivity index (χ2v) is 13.3. The molecular formula is C35H35F3N8O2. The fourth-order valence-corrected chi connectivity index (χ4v) is 6.56. The van der Waals surface area contributed by atoms with E-state index in [4.69, 9.17) is 9.72 Å². The minimum atomic E-state index is -4.54. The number of fused-ring (bicyclic) bond motifs is 3. The van der Waals surface area contributed by atoms with Crippen molar-refractivity contribution >= 4 is 23.5 Å². The molecule has 2 saturated heterocycles. The van der Waals surface area contributed by atoms with E-state index in [1.54, 1.807) is 27.6 Å². The van der Waals surface area contributed by atoms with E-state index in [2.05, 4.69) is 25.4 Å². The fraction of sp³-hybridized carbons (Fsp3) is 0.343. The molecule has 5 heterocycles. The highest BCUT2D eigenvalue weighted by Crippen LogP contribution is 2.41. The van der Waals surface area contributed by atoms with Gasteiger partial charge in [0.15, 0.2) is 5.65 Å². The van der Waals surface area contributed by atoms with Crippen molar-refractivity contribution in [3.8, 4) is 22.4 Å². The standard InChI is InChI=1S/C35H35F3N8O2/c1-21(22-9-6-5-7-10-22)41-28-16-24(13-14-39-28)30-29(23-11-8-12-25(15-23)35(36,37)38)31-43-40-20-46(31)32(42-30)44-18-27-17-26(44)19-45(27)33(47)48-34(2,3)4/h5-16,20-21,26-27H,17-19H2,1-4H3,(H,39,41). The Bertz CT molecular complexity index is 1970. The first kappa shape index (κ1) is 31.4. The molecule has 5 aromatic rings. The monoisotopic (exact) mass is 656 g/mol. The topological polar surface area (TPSA) is 101 Å². The number of nitrogens with zero attached hydrogens (tertiary/aromatic N) is 7. The molecule has 3 unspecified atom stereocenters. The van der Waals surface area contributed by atoms with Crippen molar-refractivity contribution in [1.29, 1.82) is 0 Å². The van der Waals surface area contributed by atoms with Gasteiger partial charge in [-0.25, -0.2) is 14.8 Å². The summed E-state index contributed by atoms with van der Waals surface area (Å²) >= 11 is 0. The summed E-state index contributed by atoms with van der Waals surface area (Å²) in [5.41, 5.74) is 1.85. The number of ether oxygens (including phenoxy) is 1. The van der Waals surface area contributed by atoms with Gasteiger partial charge in [-0.15, -0.1) is 10.2 Å². The zero-order valence-electron chi connectivity index (χ0n) is 26.9. The fourth-order valence-electron chi connectivity index (χ4n) is 6.56. The Labute approximate surface area is 275 Å². The average Bonchev–Trinajstić information content (AvgIpc) is 3.80. The average molecular weight is 657 g/mol. The molecule has 0 radical (unpaired) electrons. The number of aromatic nitrogens is 5. The maximum absolute atomic E-state index is 13.9. The van der Waals surface area contributed by atoms with Crippen LogP contribution in [0.15, 0.2) is 79.3 Å². The number of hydrogen-bond acceptors (Lipinski definition) is 8. The number of likely N-dealkylation sites (tertiary alicyclic amines) is 1. The van der Waals surface area contributed by atoms with Crippen LogP contribution in [0.5, 0.6) is 0 Å². The van der Waals surface area contributed by atoms with Gasteiger partial charge in [0.05, 0.1) is 28.9 Å². The van der Waals surface area contributed by atoms with Crippen molar-refractivity contribution in [2.45, 2.75) is 64.0 Å². The Morgan fingerprint density at radius 2 is 1.77 bits per heavy atom. The SMILES string of the molecule is CC(Nc1cc(-c2nc(N3CC4CC3CN4C(=O)OC(C)(C)C)n3cnnc3c2-c2cccc(C(F)(F)F)c2)ccn1)c1ccccc1. The van der Waals surface area contributed by atoms with E-state index in [9.17, 15) is 18.0 Å². The lowest BCUT2D eigenvalue weighted by molar-refractivity contribution is -0.137. The molecule has 48 heavy (non-hydrogen) atoms. The summed E-state index contributed by atoms with van der Waals surface area (Å²) in [5.74, 6) is 1.12. The second-order valence-electron chi connectivity index (χ2n) is 13.3. The van der Waals surface area contributed by atoms with Crippen molar-refractivity contribution in [1.82, 2.24) is 29.5 Å². The van der Waals surface area contributed by atoms with Gasteiger partial charge >= 0.3 is 12.3 Å². The van der Waals surface area contributed by atoms with Gasteiger partial charge in [-0.05, 0) is 69.5 Å². The predicted octanol–water partition coefficient (Wildman–Crippen LogP) is 7.24. The molecule has 13 heteroatoms. The maximum Gasteiger partial charge on any atom is 0.416 e.